The molecule has 0 saturated carbocycles. The topological polar surface area (TPSA) is 69.7 Å². The molecule has 150 valence electrons. The summed E-state index contributed by atoms with van der Waals surface area (Å²) < 4.78 is 11.1. The Balaban J connectivity index is 2.14. The van der Waals surface area contributed by atoms with Gasteiger partial charge in [0.1, 0.15) is 17.3 Å². The van der Waals surface area contributed by atoms with Crippen LogP contribution in [0.3, 0.4) is 0 Å². The van der Waals surface area contributed by atoms with Crippen molar-refractivity contribution >= 4 is 11.6 Å². The van der Waals surface area contributed by atoms with E-state index < -0.39 is 0 Å². The Labute approximate surface area is 167 Å². The van der Waals surface area contributed by atoms with Crippen LogP contribution in [0.5, 0.6) is 5.75 Å². The molecule has 0 aliphatic rings. The van der Waals surface area contributed by atoms with Gasteiger partial charge >= 0.3 is 0 Å². The van der Waals surface area contributed by atoms with E-state index in [9.17, 15) is 4.79 Å². The maximum absolute atomic E-state index is 13.1. The van der Waals surface area contributed by atoms with Gasteiger partial charge in [0.2, 0.25) is 5.91 Å². The molecule has 6 heteroatoms. The van der Waals surface area contributed by atoms with Crippen LogP contribution in [0.2, 0.25) is 0 Å². The van der Waals surface area contributed by atoms with Gasteiger partial charge in [0.05, 0.1) is 32.2 Å². The van der Waals surface area contributed by atoms with E-state index in [2.05, 4.69) is 24.8 Å². The Morgan fingerprint density at radius 3 is 2.46 bits per heavy atom. The summed E-state index contributed by atoms with van der Waals surface area (Å²) in [6.07, 6.45) is 0.276. The van der Waals surface area contributed by atoms with E-state index in [0.717, 1.165) is 23.0 Å². The number of furan rings is 1. The summed E-state index contributed by atoms with van der Waals surface area (Å²) in [7, 11) is 0. The highest BCUT2D eigenvalue weighted by Crippen LogP contribution is 2.21. The molecule has 0 bridgehead atoms. The van der Waals surface area contributed by atoms with E-state index in [1.54, 1.807) is 4.90 Å². The lowest BCUT2D eigenvalue weighted by atomic mass is 10.2. The summed E-state index contributed by atoms with van der Waals surface area (Å²) in [5.74, 6) is 2.41. The van der Waals surface area contributed by atoms with Crippen molar-refractivity contribution in [1.82, 2.24) is 4.90 Å². The Hall–Kier alpha value is -2.78. The van der Waals surface area contributed by atoms with E-state index in [1.165, 1.54) is 0 Å². The van der Waals surface area contributed by atoms with Crippen molar-refractivity contribution < 1.29 is 13.9 Å². The molecule has 1 aromatic carbocycles. The molecular formula is C22H29N3O3. The highest BCUT2D eigenvalue weighted by atomic mass is 16.5. The minimum Gasteiger partial charge on any atom is -0.494 e. The van der Waals surface area contributed by atoms with E-state index >= 15 is 0 Å². The maximum Gasteiger partial charge on any atom is 0.241 e. The molecule has 2 rings (SSSR count). The van der Waals surface area contributed by atoms with Crippen LogP contribution in [0.15, 0.2) is 40.8 Å². The van der Waals surface area contributed by atoms with E-state index in [-0.39, 0.29) is 24.9 Å². The summed E-state index contributed by atoms with van der Waals surface area (Å²) in [5, 5.41) is 8.99. The number of nitrogens with zero attached hydrogens (tertiary/aromatic N) is 3. The van der Waals surface area contributed by atoms with Crippen LogP contribution >= 0.6 is 0 Å². The van der Waals surface area contributed by atoms with Crippen molar-refractivity contribution in [1.29, 1.82) is 5.26 Å². The third-order valence-corrected chi connectivity index (χ3v) is 4.43. The molecule has 0 saturated heterocycles. The van der Waals surface area contributed by atoms with Crippen molar-refractivity contribution in [3.05, 3.63) is 47.9 Å². The zero-order chi connectivity index (χ0) is 20.5. The normalized spacial score (nSPS) is 10.9. The zero-order valence-corrected chi connectivity index (χ0v) is 17.1. The SMILES string of the molecule is CCOc1ccc(N(CCC#N)C(=O)CN(Cc2ccc(C)o2)C(C)C)cc1. The van der Waals surface area contributed by atoms with Gasteiger partial charge in [-0.05, 0) is 64.1 Å². The molecule has 2 aromatic rings. The number of aryl methyl sites for hydroxylation is 1. The van der Waals surface area contributed by atoms with Gasteiger partial charge in [0, 0.05) is 18.3 Å². The first-order valence-corrected chi connectivity index (χ1v) is 9.64. The lowest BCUT2D eigenvalue weighted by molar-refractivity contribution is -0.120. The second kappa shape index (κ2) is 10.5. The Bertz CT molecular complexity index is 790. The van der Waals surface area contributed by atoms with Crippen LogP contribution in [-0.2, 0) is 11.3 Å². The predicted molar refractivity (Wildman–Crippen MR) is 109 cm³/mol. The molecule has 0 aliphatic heterocycles. The minimum absolute atomic E-state index is 0.0450. The third-order valence-electron chi connectivity index (χ3n) is 4.43. The maximum atomic E-state index is 13.1. The van der Waals surface area contributed by atoms with Gasteiger partial charge in [-0.1, -0.05) is 0 Å². The third kappa shape index (κ3) is 6.14. The van der Waals surface area contributed by atoms with E-state index in [4.69, 9.17) is 14.4 Å². The van der Waals surface area contributed by atoms with Crippen LogP contribution in [0.1, 0.15) is 38.7 Å². The smallest absolute Gasteiger partial charge is 0.241 e. The van der Waals surface area contributed by atoms with Gasteiger partial charge in [-0.15, -0.1) is 0 Å². The van der Waals surface area contributed by atoms with Crippen LogP contribution in [-0.4, -0.2) is 36.5 Å². The molecule has 0 radical (unpaired) electrons. The summed E-state index contributed by atoms with van der Waals surface area (Å²) >= 11 is 0. The van der Waals surface area contributed by atoms with Gasteiger partial charge in [-0.2, -0.15) is 5.26 Å². The molecular weight excluding hydrogens is 354 g/mol. The predicted octanol–water partition coefficient (Wildman–Crippen LogP) is 4.14. The number of anilines is 1. The summed E-state index contributed by atoms with van der Waals surface area (Å²) in [6.45, 7) is 9.70. The van der Waals surface area contributed by atoms with Crippen molar-refractivity contribution in [2.24, 2.45) is 0 Å². The minimum atomic E-state index is -0.0450. The Kier molecular flexibility index (Phi) is 8.09. The largest absolute Gasteiger partial charge is 0.494 e. The zero-order valence-electron chi connectivity index (χ0n) is 17.1. The summed E-state index contributed by atoms with van der Waals surface area (Å²) in [6, 6.07) is 13.6. The van der Waals surface area contributed by atoms with Crippen molar-refractivity contribution in [2.75, 3.05) is 24.6 Å². The first-order valence-electron chi connectivity index (χ1n) is 9.64. The van der Waals surface area contributed by atoms with Crippen molar-refractivity contribution in [3.63, 3.8) is 0 Å². The second-order valence-corrected chi connectivity index (χ2v) is 6.89. The number of benzene rings is 1. The summed E-state index contributed by atoms with van der Waals surface area (Å²) in [4.78, 5) is 16.8. The first kappa shape index (κ1) is 21.5. The van der Waals surface area contributed by atoms with Crippen LogP contribution in [0, 0.1) is 18.3 Å². The number of rotatable bonds is 10. The van der Waals surface area contributed by atoms with Crippen LogP contribution in [0.25, 0.3) is 0 Å². The standard InChI is InChI=1S/C22H29N3O3/c1-5-27-20-11-8-19(9-12-20)25(14-6-13-23)22(26)16-24(17(2)3)15-21-10-7-18(4)28-21/h7-12,17H,5-6,14-16H2,1-4H3. The number of ether oxygens (including phenoxy) is 1. The van der Waals surface area contributed by atoms with Gasteiger partial charge in [-0.3, -0.25) is 9.69 Å². The van der Waals surface area contributed by atoms with Gasteiger partial charge in [-0.25, -0.2) is 0 Å². The number of nitriles is 1. The number of amides is 1. The fourth-order valence-electron chi connectivity index (χ4n) is 2.90. The second-order valence-electron chi connectivity index (χ2n) is 6.89. The molecule has 0 unspecified atom stereocenters. The van der Waals surface area contributed by atoms with E-state index in [1.807, 2.05) is 50.2 Å². The highest BCUT2D eigenvalue weighted by Gasteiger charge is 2.21. The Morgan fingerprint density at radius 1 is 1.21 bits per heavy atom. The molecule has 0 N–H and O–H groups in total. The number of hydrogen-bond acceptors (Lipinski definition) is 5. The average molecular weight is 383 g/mol. The molecule has 1 amide bonds. The first-order chi connectivity index (χ1) is 13.4. The number of carbonyl (C=O) groups excluding carboxylic acids is 1. The lowest BCUT2D eigenvalue weighted by Gasteiger charge is -2.29. The average Bonchev–Trinajstić information content (AvgIpc) is 3.08. The fourth-order valence-corrected chi connectivity index (χ4v) is 2.90. The number of hydrogen-bond donors (Lipinski definition) is 0. The molecule has 0 aliphatic carbocycles. The fraction of sp³-hybridized carbons (Fsp3) is 0.455. The summed E-state index contributed by atoms with van der Waals surface area (Å²) in [5.41, 5.74) is 0.765. The van der Waals surface area contributed by atoms with Gasteiger partial charge in [0.25, 0.3) is 0 Å². The van der Waals surface area contributed by atoms with Gasteiger partial charge < -0.3 is 14.1 Å². The molecule has 28 heavy (non-hydrogen) atoms. The van der Waals surface area contributed by atoms with Crippen molar-refractivity contribution in [2.45, 2.75) is 46.7 Å². The van der Waals surface area contributed by atoms with Gasteiger partial charge in [0.15, 0.2) is 0 Å². The molecule has 6 nitrogen and oxygen atoms in total. The highest BCUT2D eigenvalue weighted by molar-refractivity contribution is 5.94. The molecule has 0 spiro atoms. The number of carbonyl (C=O) groups is 1. The van der Waals surface area contributed by atoms with Crippen molar-refractivity contribution in [3.8, 4) is 11.8 Å². The monoisotopic (exact) mass is 383 g/mol. The Morgan fingerprint density at radius 2 is 1.93 bits per heavy atom. The van der Waals surface area contributed by atoms with E-state index in [0.29, 0.717) is 19.7 Å². The molecule has 0 atom stereocenters. The molecule has 1 heterocycles. The quantitative estimate of drug-likeness (QED) is 0.617. The van der Waals surface area contributed by atoms with Crippen LogP contribution in [0.4, 0.5) is 5.69 Å². The molecule has 1 aromatic heterocycles. The van der Waals surface area contributed by atoms with Crippen LogP contribution < -0.4 is 9.64 Å². The lowest BCUT2D eigenvalue weighted by Crippen LogP contribution is -2.43. The molecule has 0 fully saturated rings.